The summed E-state index contributed by atoms with van der Waals surface area (Å²) in [7, 11) is 0. The normalized spacial score (nSPS) is 11.1. The van der Waals surface area contributed by atoms with Crippen LogP contribution in [0.4, 0.5) is 8.78 Å². The maximum absolute atomic E-state index is 13.4. The van der Waals surface area contributed by atoms with Crippen LogP contribution in [0.3, 0.4) is 0 Å². The minimum Gasteiger partial charge on any atom is -0.505 e. The molecule has 0 aliphatic carbocycles. The molecule has 0 bridgehead atoms. The number of hydrogen-bond acceptors (Lipinski definition) is 3. The average Bonchev–Trinajstić information content (AvgIpc) is 2.96. The van der Waals surface area contributed by atoms with E-state index in [1.165, 1.54) is 42.6 Å². The zero-order chi connectivity index (χ0) is 20.0. The fourth-order valence-corrected chi connectivity index (χ4v) is 3.89. The van der Waals surface area contributed by atoms with E-state index >= 15 is 0 Å². The van der Waals surface area contributed by atoms with Crippen LogP contribution in [0.15, 0.2) is 59.2 Å². The molecular formula is C20H11BrF2N2O3. The number of carboxylic acid groups (broad SMARTS) is 1. The number of aromatic hydroxyl groups is 1. The number of rotatable bonds is 3. The van der Waals surface area contributed by atoms with Crippen LogP contribution in [-0.4, -0.2) is 25.7 Å². The largest absolute Gasteiger partial charge is 0.505 e. The Bertz CT molecular complexity index is 1220. The van der Waals surface area contributed by atoms with Crippen molar-refractivity contribution in [3.63, 3.8) is 0 Å². The number of carboxylic acids is 1. The molecule has 4 rings (SSSR count). The summed E-state index contributed by atoms with van der Waals surface area (Å²) in [5, 5.41) is 20.0. The number of aromatic carboxylic acids is 1. The highest BCUT2D eigenvalue weighted by Gasteiger charge is 2.25. The van der Waals surface area contributed by atoms with E-state index in [-0.39, 0.29) is 5.39 Å². The molecular weight excluding hydrogens is 434 g/mol. The number of benzene rings is 2. The lowest BCUT2D eigenvalue weighted by Gasteiger charge is -2.12. The molecule has 0 spiro atoms. The van der Waals surface area contributed by atoms with Gasteiger partial charge in [-0.05, 0) is 70.0 Å². The monoisotopic (exact) mass is 444 g/mol. The predicted molar refractivity (Wildman–Crippen MR) is 103 cm³/mol. The van der Waals surface area contributed by atoms with E-state index in [1.807, 2.05) is 0 Å². The molecule has 4 aromatic rings. The molecule has 8 heteroatoms. The summed E-state index contributed by atoms with van der Waals surface area (Å²) in [6, 6.07) is 11.3. The van der Waals surface area contributed by atoms with E-state index in [9.17, 15) is 23.8 Å². The van der Waals surface area contributed by atoms with Crippen LogP contribution < -0.4 is 0 Å². The van der Waals surface area contributed by atoms with Crippen LogP contribution in [0.1, 0.15) is 10.5 Å². The first kappa shape index (κ1) is 18.1. The first-order valence-electron chi connectivity index (χ1n) is 8.05. The van der Waals surface area contributed by atoms with E-state index in [1.54, 1.807) is 16.7 Å². The summed E-state index contributed by atoms with van der Waals surface area (Å²) < 4.78 is 28.9. The minimum atomic E-state index is -1.37. The molecule has 28 heavy (non-hydrogen) atoms. The van der Waals surface area contributed by atoms with Crippen molar-refractivity contribution in [3.05, 3.63) is 76.5 Å². The lowest BCUT2D eigenvalue weighted by molar-refractivity contribution is 0.0687. The number of fused-ring (bicyclic) bond motifs is 1. The third-order valence-electron chi connectivity index (χ3n) is 4.33. The van der Waals surface area contributed by atoms with Crippen molar-refractivity contribution >= 4 is 32.8 Å². The first-order chi connectivity index (χ1) is 13.4. The third kappa shape index (κ3) is 2.82. The highest BCUT2D eigenvalue weighted by atomic mass is 79.9. The molecule has 0 aliphatic rings. The van der Waals surface area contributed by atoms with Gasteiger partial charge in [0.05, 0.1) is 27.3 Å². The molecule has 2 aromatic heterocycles. The number of nitrogens with zero attached hydrogens (tertiary/aromatic N) is 2. The Morgan fingerprint density at radius 1 is 1.00 bits per heavy atom. The summed E-state index contributed by atoms with van der Waals surface area (Å²) in [5.41, 5.74) is 1.60. The van der Waals surface area contributed by atoms with E-state index in [2.05, 4.69) is 20.9 Å². The quantitative estimate of drug-likeness (QED) is 0.458. The average molecular weight is 445 g/mol. The van der Waals surface area contributed by atoms with Gasteiger partial charge in [0.1, 0.15) is 11.6 Å². The van der Waals surface area contributed by atoms with Gasteiger partial charge in [-0.15, -0.1) is 0 Å². The van der Waals surface area contributed by atoms with Crippen LogP contribution in [-0.2, 0) is 0 Å². The molecule has 5 nitrogen and oxygen atoms in total. The maximum Gasteiger partial charge on any atom is 0.358 e. The molecule has 0 unspecified atom stereocenters. The van der Waals surface area contributed by atoms with Gasteiger partial charge in [-0.1, -0.05) is 0 Å². The van der Waals surface area contributed by atoms with E-state index in [0.29, 0.717) is 26.9 Å². The van der Waals surface area contributed by atoms with E-state index < -0.39 is 29.0 Å². The summed E-state index contributed by atoms with van der Waals surface area (Å²) in [4.78, 5) is 15.2. The van der Waals surface area contributed by atoms with Crippen molar-refractivity contribution in [2.45, 2.75) is 0 Å². The van der Waals surface area contributed by atoms with Gasteiger partial charge in [0.2, 0.25) is 0 Å². The van der Waals surface area contributed by atoms with Gasteiger partial charge in [0.25, 0.3) is 0 Å². The summed E-state index contributed by atoms with van der Waals surface area (Å²) in [5.74, 6) is -2.70. The molecule has 140 valence electrons. The van der Waals surface area contributed by atoms with Gasteiger partial charge in [0.15, 0.2) is 11.4 Å². The number of halogens is 3. The SMILES string of the molecule is O=C(O)c1ncc2c(c1O)c(Br)c(-c1ccc(F)cc1)n2-c1ccc(F)cc1. The Labute approximate surface area is 165 Å². The zero-order valence-corrected chi connectivity index (χ0v) is 15.6. The molecule has 0 saturated heterocycles. The Morgan fingerprint density at radius 2 is 1.57 bits per heavy atom. The molecule has 2 aromatic carbocycles. The number of aromatic nitrogens is 2. The van der Waals surface area contributed by atoms with Gasteiger partial charge in [0, 0.05) is 5.69 Å². The second-order valence-corrected chi connectivity index (χ2v) is 6.80. The van der Waals surface area contributed by atoms with Gasteiger partial charge in [-0.2, -0.15) is 0 Å². The highest BCUT2D eigenvalue weighted by molar-refractivity contribution is 9.10. The smallest absolute Gasteiger partial charge is 0.358 e. The lowest BCUT2D eigenvalue weighted by Crippen LogP contribution is -2.02. The molecule has 0 radical (unpaired) electrons. The minimum absolute atomic E-state index is 0.232. The molecule has 0 saturated carbocycles. The molecule has 2 N–H and O–H groups in total. The van der Waals surface area contributed by atoms with Gasteiger partial charge in [-0.3, -0.25) is 0 Å². The van der Waals surface area contributed by atoms with Crippen LogP contribution >= 0.6 is 15.9 Å². The van der Waals surface area contributed by atoms with Gasteiger partial charge in [-0.25, -0.2) is 18.6 Å². The second-order valence-electron chi connectivity index (χ2n) is 6.00. The number of hydrogen-bond donors (Lipinski definition) is 2. The van der Waals surface area contributed by atoms with Crippen LogP contribution in [0.25, 0.3) is 27.8 Å². The summed E-state index contributed by atoms with van der Waals surface area (Å²) in [6.45, 7) is 0. The van der Waals surface area contributed by atoms with Crippen molar-refractivity contribution in [3.8, 4) is 22.7 Å². The maximum atomic E-state index is 13.4. The summed E-state index contributed by atoms with van der Waals surface area (Å²) in [6.07, 6.45) is 1.32. The third-order valence-corrected chi connectivity index (χ3v) is 5.10. The fraction of sp³-hybridized carbons (Fsp3) is 0. The Kier molecular flexibility index (Phi) is 4.35. The van der Waals surface area contributed by atoms with Crippen LogP contribution in [0.5, 0.6) is 5.75 Å². The molecule has 0 aliphatic heterocycles. The fourth-order valence-electron chi connectivity index (χ4n) is 3.09. The van der Waals surface area contributed by atoms with Crippen molar-refractivity contribution < 1.29 is 23.8 Å². The molecule has 0 amide bonds. The molecule has 2 heterocycles. The Hall–Kier alpha value is -3.26. The topological polar surface area (TPSA) is 75.3 Å². The van der Waals surface area contributed by atoms with Crippen molar-refractivity contribution in [1.29, 1.82) is 0 Å². The van der Waals surface area contributed by atoms with Crippen molar-refractivity contribution in [2.75, 3.05) is 0 Å². The van der Waals surface area contributed by atoms with Crippen molar-refractivity contribution in [1.82, 2.24) is 9.55 Å². The van der Waals surface area contributed by atoms with Crippen LogP contribution in [0.2, 0.25) is 0 Å². The first-order valence-corrected chi connectivity index (χ1v) is 8.85. The highest BCUT2D eigenvalue weighted by Crippen LogP contribution is 2.44. The van der Waals surface area contributed by atoms with E-state index in [4.69, 9.17) is 0 Å². The Morgan fingerprint density at radius 3 is 2.14 bits per heavy atom. The summed E-state index contributed by atoms with van der Waals surface area (Å²) >= 11 is 3.43. The molecule has 0 atom stereocenters. The lowest BCUT2D eigenvalue weighted by atomic mass is 10.1. The Balaban J connectivity index is 2.13. The van der Waals surface area contributed by atoms with Gasteiger partial charge >= 0.3 is 5.97 Å². The van der Waals surface area contributed by atoms with Crippen molar-refractivity contribution in [2.24, 2.45) is 0 Å². The second kappa shape index (κ2) is 6.72. The van der Waals surface area contributed by atoms with Crippen LogP contribution in [0, 0.1) is 11.6 Å². The zero-order valence-electron chi connectivity index (χ0n) is 14.0. The van der Waals surface area contributed by atoms with Gasteiger partial charge < -0.3 is 14.8 Å². The molecule has 0 fully saturated rings. The number of pyridine rings is 1. The van der Waals surface area contributed by atoms with E-state index in [0.717, 1.165) is 0 Å². The standard InChI is InChI=1S/C20H11BrF2N2O3/c21-16-15-14(9-24-17(19(15)26)20(27)28)25(13-7-5-12(23)6-8-13)18(16)10-1-3-11(22)4-2-10/h1-9,26H,(H,27,28). The number of carbonyl (C=O) groups is 1. The predicted octanol–water partition coefficient (Wildman–Crippen LogP) is 5.14.